The van der Waals surface area contributed by atoms with E-state index in [-0.39, 0.29) is 28.9 Å². The van der Waals surface area contributed by atoms with E-state index in [0.717, 1.165) is 29.4 Å². The zero-order valence-electron chi connectivity index (χ0n) is 20.6. The highest BCUT2D eigenvalue weighted by molar-refractivity contribution is 6.05. The number of fused-ring (bicyclic) bond motifs is 1. The monoisotopic (exact) mass is 477 g/mol. The van der Waals surface area contributed by atoms with Crippen LogP contribution in [-0.4, -0.2) is 43.9 Å². The summed E-state index contributed by atoms with van der Waals surface area (Å²) in [5, 5.41) is 2.91. The molecule has 2 aromatic heterocycles. The van der Waals surface area contributed by atoms with Crippen molar-refractivity contribution in [2.45, 2.75) is 52.5 Å². The summed E-state index contributed by atoms with van der Waals surface area (Å²) in [5.74, 6) is -0.718. The largest absolute Gasteiger partial charge is 0.339 e. The third-order valence-electron chi connectivity index (χ3n) is 6.65. The molecule has 1 saturated heterocycles. The average Bonchev–Trinajstić information content (AvgIpc) is 2.86. The van der Waals surface area contributed by atoms with Gasteiger partial charge in [0.15, 0.2) is 0 Å². The Labute approximate surface area is 203 Å². The smallest absolute Gasteiger partial charge is 0.333 e. The van der Waals surface area contributed by atoms with Crippen LogP contribution in [0, 0.1) is 13.8 Å². The number of carbonyl (C=O) groups is 2. The molecule has 0 radical (unpaired) electrons. The molecule has 3 heterocycles. The van der Waals surface area contributed by atoms with E-state index in [1.807, 2.05) is 19.1 Å². The third kappa shape index (κ3) is 4.50. The molecule has 2 amide bonds. The van der Waals surface area contributed by atoms with E-state index >= 15 is 0 Å². The number of nitrogens with one attached hydrogen (secondary N) is 1. The van der Waals surface area contributed by atoms with Gasteiger partial charge < -0.3 is 10.2 Å². The standard InChI is InChI=1S/C26H31N5O4/c1-5-20(23(32)28-19-12-8-7-11-16(19)2)31-25(34)21-18(24(33)30-13-9-6-10-14-30)15-17(3)27-22(21)29(4)26(31)35/h7-8,11-12,15,20H,5-6,9-10,13-14H2,1-4H3,(H,28,32). The maximum Gasteiger partial charge on any atom is 0.333 e. The van der Waals surface area contributed by atoms with Crippen molar-refractivity contribution in [3.8, 4) is 0 Å². The van der Waals surface area contributed by atoms with Crippen LogP contribution in [0.25, 0.3) is 11.0 Å². The Morgan fingerprint density at radius 1 is 1.09 bits per heavy atom. The molecule has 1 aliphatic rings. The van der Waals surface area contributed by atoms with Crippen molar-refractivity contribution in [1.82, 2.24) is 19.0 Å². The molecule has 0 bridgehead atoms. The summed E-state index contributed by atoms with van der Waals surface area (Å²) in [4.78, 5) is 60.0. The number of rotatable bonds is 5. The molecule has 9 heteroatoms. The second kappa shape index (κ2) is 9.85. The Kier molecular flexibility index (Phi) is 6.86. The summed E-state index contributed by atoms with van der Waals surface area (Å²) in [5.41, 5.74) is 1.05. The van der Waals surface area contributed by atoms with Gasteiger partial charge in [-0.2, -0.15) is 0 Å². The predicted molar refractivity (Wildman–Crippen MR) is 135 cm³/mol. The number of likely N-dealkylation sites (tertiary alicyclic amines) is 1. The van der Waals surface area contributed by atoms with Crippen LogP contribution in [-0.2, 0) is 11.8 Å². The van der Waals surface area contributed by atoms with Crippen LogP contribution in [0.4, 0.5) is 5.69 Å². The fourth-order valence-electron chi connectivity index (χ4n) is 4.70. The number of amides is 2. The number of para-hydroxylation sites is 1. The second-order valence-corrected chi connectivity index (χ2v) is 9.11. The third-order valence-corrected chi connectivity index (χ3v) is 6.65. The van der Waals surface area contributed by atoms with Crippen LogP contribution < -0.4 is 16.6 Å². The molecule has 1 aliphatic heterocycles. The number of aromatic nitrogens is 3. The number of pyridine rings is 1. The van der Waals surface area contributed by atoms with Gasteiger partial charge in [-0.1, -0.05) is 25.1 Å². The van der Waals surface area contributed by atoms with Gasteiger partial charge in [0.1, 0.15) is 11.7 Å². The Morgan fingerprint density at radius 2 is 1.77 bits per heavy atom. The Hall–Kier alpha value is -3.75. The normalized spacial score (nSPS) is 14.7. The molecule has 184 valence electrons. The highest BCUT2D eigenvalue weighted by Crippen LogP contribution is 2.21. The van der Waals surface area contributed by atoms with Gasteiger partial charge in [0.05, 0.1) is 10.9 Å². The Bertz CT molecular complexity index is 1420. The summed E-state index contributed by atoms with van der Waals surface area (Å²) >= 11 is 0. The maximum atomic E-state index is 13.8. The summed E-state index contributed by atoms with van der Waals surface area (Å²) in [6.07, 6.45) is 3.10. The summed E-state index contributed by atoms with van der Waals surface area (Å²) < 4.78 is 2.21. The molecule has 4 rings (SSSR count). The summed E-state index contributed by atoms with van der Waals surface area (Å²) in [6.45, 7) is 6.58. The van der Waals surface area contributed by atoms with Crippen molar-refractivity contribution in [2.24, 2.45) is 7.05 Å². The van der Waals surface area contributed by atoms with Crippen molar-refractivity contribution in [3.05, 3.63) is 68.0 Å². The molecule has 3 aromatic rings. The molecule has 0 aliphatic carbocycles. The minimum Gasteiger partial charge on any atom is -0.339 e. The lowest BCUT2D eigenvalue weighted by atomic mass is 10.1. The SMILES string of the molecule is CCC(C(=O)Nc1ccccc1C)n1c(=O)c2c(C(=O)N3CCCCC3)cc(C)nc2n(C)c1=O. The van der Waals surface area contributed by atoms with E-state index in [1.165, 1.54) is 11.6 Å². The quantitative estimate of drug-likeness (QED) is 0.608. The first-order chi connectivity index (χ1) is 16.7. The molecule has 9 nitrogen and oxygen atoms in total. The first kappa shape index (κ1) is 24.4. The topological polar surface area (TPSA) is 106 Å². The zero-order chi connectivity index (χ0) is 25.3. The summed E-state index contributed by atoms with van der Waals surface area (Å²) in [7, 11) is 1.51. The van der Waals surface area contributed by atoms with Crippen LogP contribution in [0.5, 0.6) is 0 Å². The van der Waals surface area contributed by atoms with Crippen LogP contribution in [0.3, 0.4) is 0 Å². The van der Waals surface area contributed by atoms with Gasteiger partial charge in [0, 0.05) is 31.5 Å². The van der Waals surface area contributed by atoms with E-state index < -0.39 is 23.2 Å². The fourth-order valence-corrected chi connectivity index (χ4v) is 4.70. The highest BCUT2D eigenvalue weighted by Gasteiger charge is 2.29. The van der Waals surface area contributed by atoms with E-state index in [2.05, 4.69) is 10.3 Å². The molecule has 35 heavy (non-hydrogen) atoms. The average molecular weight is 478 g/mol. The lowest BCUT2D eigenvalue weighted by Gasteiger charge is -2.27. The van der Waals surface area contributed by atoms with Gasteiger partial charge in [0.2, 0.25) is 5.91 Å². The minimum absolute atomic E-state index is 0.0652. The van der Waals surface area contributed by atoms with E-state index in [9.17, 15) is 19.2 Å². The molecular weight excluding hydrogens is 446 g/mol. The summed E-state index contributed by atoms with van der Waals surface area (Å²) in [6, 6.07) is 7.85. The molecule has 1 atom stereocenters. The van der Waals surface area contributed by atoms with Gasteiger partial charge in [-0.05, 0) is 57.2 Å². The van der Waals surface area contributed by atoms with E-state index in [0.29, 0.717) is 24.5 Å². The van der Waals surface area contributed by atoms with Crippen molar-refractivity contribution < 1.29 is 9.59 Å². The van der Waals surface area contributed by atoms with Crippen molar-refractivity contribution in [1.29, 1.82) is 0 Å². The number of hydrogen-bond acceptors (Lipinski definition) is 5. The first-order valence-electron chi connectivity index (χ1n) is 12.0. The molecule has 1 N–H and O–H groups in total. The van der Waals surface area contributed by atoms with Crippen LogP contribution in [0.2, 0.25) is 0 Å². The van der Waals surface area contributed by atoms with Gasteiger partial charge >= 0.3 is 5.69 Å². The number of hydrogen-bond donors (Lipinski definition) is 1. The van der Waals surface area contributed by atoms with Crippen LogP contribution in [0.15, 0.2) is 39.9 Å². The van der Waals surface area contributed by atoms with E-state index in [1.54, 1.807) is 36.9 Å². The molecule has 0 saturated carbocycles. The fraction of sp³-hybridized carbons (Fsp3) is 0.423. The lowest BCUT2D eigenvalue weighted by Crippen LogP contribution is -2.46. The van der Waals surface area contributed by atoms with E-state index in [4.69, 9.17) is 0 Å². The second-order valence-electron chi connectivity index (χ2n) is 9.11. The number of carbonyl (C=O) groups excluding carboxylic acids is 2. The molecule has 1 aromatic carbocycles. The molecule has 0 spiro atoms. The highest BCUT2D eigenvalue weighted by atomic mass is 16.2. The number of piperidine rings is 1. The molecule has 1 fully saturated rings. The maximum absolute atomic E-state index is 13.8. The van der Waals surface area contributed by atoms with Crippen LogP contribution in [0.1, 0.15) is 60.3 Å². The number of benzene rings is 1. The molecular formula is C26H31N5O4. The number of nitrogens with zero attached hydrogens (tertiary/aromatic N) is 4. The van der Waals surface area contributed by atoms with Gasteiger partial charge in [-0.25, -0.2) is 14.3 Å². The van der Waals surface area contributed by atoms with Gasteiger partial charge in [-0.3, -0.25) is 19.0 Å². The van der Waals surface area contributed by atoms with Crippen LogP contribution >= 0.6 is 0 Å². The predicted octanol–water partition coefficient (Wildman–Crippen LogP) is 2.93. The Morgan fingerprint density at radius 3 is 2.43 bits per heavy atom. The number of aryl methyl sites for hydroxylation is 3. The van der Waals surface area contributed by atoms with Crippen molar-refractivity contribution >= 4 is 28.5 Å². The molecule has 1 unspecified atom stereocenters. The number of anilines is 1. The van der Waals surface area contributed by atoms with Crippen molar-refractivity contribution in [3.63, 3.8) is 0 Å². The lowest BCUT2D eigenvalue weighted by molar-refractivity contribution is -0.119. The van der Waals surface area contributed by atoms with Crippen molar-refractivity contribution in [2.75, 3.05) is 18.4 Å². The minimum atomic E-state index is -1.05. The first-order valence-corrected chi connectivity index (χ1v) is 12.0. The zero-order valence-corrected chi connectivity index (χ0v) is 20.6. The Balaban J connectivity index is 1.88. The van der Waals surface area contributed by atoms with Gasteiger partial charge in [0.25, 0.3) is 11.5 Å². The van der Waals surface area contributed by atoms with Gasteiger partial charge in [-0.15, -0.1) is 0 Å².